The van der Waals surface area contributed by atoms with E-state index in [4.69, 9.17) is 9.47 Å². The number of aliphatic hydroxyl groups is 1. The Morgan fingerprint density at radius 1 is 1.27 bits per heavy atom. The van der Waals surface area contributed by atoms with Gasteiger partial charge >= 0.3 is 5.97 Å². The average Bonchev–Trinajstić information content (AvgIpc) is 3.28. The summed E-state index contributed by atoms with van der Waals surface area (Å²) >= 11 is 0. The van der Waals surface area contributed by atoms with Crippen LogP contribution < -0.4 is 5.32 Å². The summed E-state index contributed by atoms with van der Waals surface area (Å²) in [4.78, 5) is 41.4. The number of nitrogens with zero attached hydrogens (tertiary/aromatic N) is 1. The molecule has 168 valence electrons. The first-order valence-corrected chi connectivity index (χ1v) is 11.5. The van der Waals surface area contributed by atoms with Crippen LogP contribution in [0.1, 0.15) is 65.2 Å². The van der Waals surface area contributed by atoms with Gasteiger partial charge in [-0.2, -0.15) is 0 Å². The number of rotatable bonds is 7. The standard InChI is InChI=1S/C22H34N2O6/c1-3-29-20(28)16-15-19(27)24(12-7-13-25)17(22(15)11-10-21(16,2)30-22)18(26)23-14-8-5-4-6-9-14/h14-17,25H,3-13H2,1-2H3,(H,23,26)/t15-,16+,17?,21-,22?/m0/s1. The topological polar surface area (TPSA) is 105 Å². The van der Waals surface area contributed by atoms with Crippen LogP contribution in [0.5, 0.6) is 0 Å². The first kappa shape index (κ1) is 21.6. The van der Waals surface area contributed by atoms with Crippen molar-refractivity contribution in [1.82, 2.24) is 10.2 Å². The third-order valence-electron chi connectivity index (χ3n) is 7.57. The second-order valence-corrected chi connectivity index (χ2v) is 9.43. The van der Waals surface area contributed by atoms with E-state index in [1.54, 1.807) is 11.8 Å². The largest absolute Gasteiger partial charge is 0.466 e. The molecule has 8 heteroatoms. The van der Waals surface area contributed by atoms with Crippen LogP contribution in [0, 0.1) is 11.8 Å². The van der Waals surface area contributed by atoms with Crippen LogP contribution in [-0.2, 0) is 23.9 Å². The zero-order chi connectivity index (χ0) is 21.5. The minimum absolute atomic E-state index is 0.0711. The molecule has 4 fully saturated rings. The summed E-state index contributed by atoms with van der Waals surface area (Å²) in [5, 5.41) is 12.5. The summed E-state index contributed by atoms with van der Waals surface area (Å²) < 4.78 is 11.8. The molecule has 0 aromatic heterocycles. The monoisotopic (exact) mass is 422 g/mol. The van der Waals surface area contributed by atoms with Crippen molar-refractivity contribution in [1.29, 1.82) is 0 Å². The van der Waals surface area contributed by atoms with Crippen molar-refractivity contribution in [2.24, 2.45) is 11.8 Å². The van der Waals surface area contributed by atoms with Gasteiger partial charge in [-0.3, -0.25) is 14.4 Å². The molecule has 3 aliphatic heterocycles. The number of aliphatic hydroxyl groups excluding tert-OH is 1. The molecule has 2 N–H and O–H groups in total. The fraction of sp³-hybridized carbons (Fsp3) is 0.864. The van der Waals surface area contributed by atoms with E-state index in [1.807, 2.05) is 6.92 Å². The minimum atomic E-state index is -1.00. The van der Waals surface area contributed by atoms with Gasteiger partial charge in [0, 0.05) is 19.2 Å². The highest BCUT2D eigenvalue weighted by atomic mass is 16.6. The van der Waals surface area contributed by atoms with Crippen LogP contribution in [0.25, 0.3) is 0 Å². The smallest absolute Gasteiger partial charge is 0.312 e. The molecule has 1 aliphatic carbocycles. The molecule has 1 saturated carbocycles. The third-order valence-corrected chi connectivity index (χ3v) is 7.57. The molecule has 3 heterocycles. The molecule has 8 nitrogen and oxygen atoms in total. The number of carbonyl (C=O) groups excluding carboxylic acids is 3. The van der Waals surface area contributed by atoms with Crippen LogP contribution in [-0.4, -0.2) is 70.8 Å². The SMILES string of the molecule is CCOC(=O)[C@H]1[C@H]2C(=O)N(CCCO)C(C(=O)NC3CCCCC3)C23CC[C@]1(C)O3. The molecule has 2 amide bonds. The van der Waals surface area contributed by atoms with E-state index in [9.17, 15) is 19.5 Å². The number of ether oxygens (including phenoxy) is 2. The molecule has 3 saturated heterocycles. The first-order chi connectivity index (χ1) is 14.4. The Balaban J connectivity index is 1.66. The number of hydrogen-bond donors (Lipinski definition) is 2. The van der Waals surface area contributed by atoms with Crippen molar-refractivity contribution in [3.05, 3.63) is 0 Å². The van der Waals surface area contributed by atoms with Crippen LogP contribution in [0.15, 0.2) is 0 Å². The first-order valence-electron chi connectivity index (χ1n) is 11.5. The van der Waals surface area contributed by atoms with Crippen molar-refractivity contribution >= 4 is 17.8 Å². The molecule has 1 spiro atoms. The maximum atomic E-state index is 13.5. The number of hydrogen-bond acceptors (Lipinski definition) is 6. The van der Waals surface area contributed by atoms with E-state index >= 15 is 0 Å². The minimum Gasteiger partial charge on any atom is -0.466 e. The fourth-order valence-corrected chi connectivity index (χ4v) is 6.32. The van der Waals surface area contributed by atoms with E-state index in [0.717, 1.165) is 25.7 Å². The molecule has 4 rings (SSSR count). The van der Waals surface area contributed by atoms with Crippen LogP contribution >= 0.6 is 0 Å². The summed E-state index contributed by atoms with van der Waals surface area (Å²) in [6, 6.07) is -0.656. The van der Waals surface area contributed by atoms with Crippen molar-refractivity contribution in [2.75, 3.05) is 19.8 Å². The number of nitrogens with one attached hydrogen (secondary N) is 1. The molecule has 4 aliphatic rings. The van der Waals surface area contributed by atoms with E-state index in [-0.39, 0.29) is 37.6 Å². The van der Waals surface area contributed by atoms with Crippen LogP contribution in [0.4, 0.5) is 0 Å². The van der Waals surface area contributed by atoms with Gasteiger partial charge in [-0.25, -0.2) is 0 Å². The van der Waals surface area contributed by atoms with Crippen molar-refractivity contribution in [3.8, 4) is 0 Å². The summed E-state index contributed by atoms with van der Waals surface area (Å²) in [5.41, 5.74) is -1.80. The zero-order valence-corrected chi connectivity index (χ0v) is 18.0. The van der Waals surface area contributed by atoms with Gasteiger partial charge < -0.3 is 24.8 Å². The van der Waals surface area contributed by atoms with Gasteiger partial charge in [0.25, 0.3) is 0 Å². The van der Waals surface area contributed by atoms with Crippen molar-refractivity contribution in [2.45, 2.75) is 88.5 Å². The fourth-order valence-electron chi connectivity index (χ4n) is 6.32. The number of likely N-dealkylation sites (tertiary alicyclic amines) is 1. The second-order valence-electron chi connectivity index (χ2n) is 9.43. The Labute approximate surface area is 177 Å². The lowest BCUT2D eigenvalue weighted by Gasteiger charge is -2.35. The molecule has 2 unspecified atom stereocenters. The molecular weight excluding hydrogens is 388 g/mol. The average molecular weight is 423 g/mol. The lowest BCUT2D eigenvalue weighted by Crippen LogP contribution is -2.57. The Bertz CT molecular complexity index is 708. The number of carbonyl (C=O) groups is 3. The molecule has 0 aromatic rings. The Hall–Kier alpha value is -1.67. The third kappa shape index (κ3) is 3.23. The predicted octanol–water partition coefficient (Wildman–Crippen LogP) is 1.15. The normalized spacial score (nSPS) is 38.0. The van der Waals surface area contributed by atoms with Gasteiger partial charge in [-0.15, -0.1) is 0 Å². The van der Waals surface area contributed by atoms with Gasteiger partial charge in [-0.1, -0.05) is 19.3 Å². The highest BCUT2D eigenvalue weighted by molar-refractivity contribution is 5.98. The maximum Gasteiger partial charge on any atom is 0.312 e. The lowest BCUT2D eigenvalue weighted by atomic mass is 9.66. The Morgan fingerprint density at radius 2 is 2.00 bits per heavy atom. The maximum absolute atomic E-state index is 13.5. The highest BCUT2D eigenvalue weighted by Crippen LogP contribution is 2.63. The van der Waals surface area contributed by atoms with Gasteiger partial charge in [0.1, 0.15) is 17.6 Å². The Kier molecular flexibility index (Phi) is 5.83. The second kappa shape index (κ2) is 8.11. The molecule has 0 radical (unpaired) electrons. The van der Waals surface area contributed by atoms with Crippen molar-refractivity contribution in [3.63, 3.8) is 0 Å². The van der Waals surface area contributed by atoms with Crippen LogP contribution in [0.2, 0.25) is 0 Å². The van der Waals surface area contributed by atoms with E-state index in [2.05, 4.69) is 5.32 Å². The molecular formula is C22H34N2O6. The highest BCUT2D eigenvalue weighted by Gasteiger charge is 2.78. The van der Waals surface area contributed by atoms with Gasteiger partial charge in [-0.05, 0) is 46.0 Å². The quantitative estimate of drug-likeness (QED) is 0.596. The molecule has 5 atom stereocenters. The number of esters is 1. The summed E-state index contributed by atoms with van der Waals surface area (Å²) in [6.07, 6.45) is 6.82. The van der Waals surface area contributed by atoms with E-state index in [0.29, 0.717) is 19.3 Å². The summed E-state index contributed by atoms with van der Waals surface area (Å²) in [5.74, 6) is -2.26. The molecule has 0 aromatic carbocycles. The zero-order valence-electron chi connectivity index (χ0n) is 18.0. The number of amides is 2. The molecule has 2 bridgehead atoms. The van der Waals surface area contributed by atoms with Crippen molar-refractivity contribution < 1.29 is 29.0 Å². The summed E-state index contributed by atoms with van der Waals surface area (Å²) in [7, 11) is 0. The van der Waals surface area contributed by atoms with E-state index in [1.165, 1.54) is 6.42 Å². The lowest BCUT2D eigenvalue weighted by molar-refractivity contribution is -0.159. The van der Waals surface area contributed by atoms with Gasteiger partial charge in [0.15, 0.2) is 0 Å². The van der Waals surface area contributed by atoms with Crippen LogP contribution in [0.3, 0.4) is 0 Å². The summed E-state index contributed by atoms with van der Waals surface area (Å²) in [6.45, 7) is 4.04. The van der Waals surface area contributed by atoms with Gasteiger partial charge in [0.2, 0.25) is 11.8 Å². The Morgan fingerprint density at radius 3 is 2.67 bits per heavy atom. The van der Waals surface area contributed by atoms with E-state index < -0.39 is 35.0 Å². The predicted molar refractivity (Wildman–Crippen MR) is 107 cm³/mol. The molecule has 30 heavy (non-hydrogen) atoms. The van der Waals surface area contributed by atoms with Gasteiger partial charge in [0.05, 0.1) is 18.1 Å². The number of fused-ring (bicyclic) bond motifs is 1.